The van der Waals surface area contributed by atoms with Gasteiger partial charge in [-0.15, -0.1) is 0 Å². The third-order valence-corrected chi connectivity index (χ3v) is 3.15. The van der Waals surface area contributed by atoms with Crippen LogP contribution in [0.2, 0.25) is 0 Å². The molecule has 1 aliphatic heterocycles. The maximum Gasteiger partial charge on any atom is 0.412 e. The number of ether oxygens (including phenoxy) is 2. The quantitative estimate of drug-likeness (QED) is 0.923. The number of hydrogen-bond acceptors (Lipinski definition) is 4. The van der Waals surface area contributed by atoms with Gasteiger partial charge in [0.25, 0.3) is 0 Å². The van der Waals surface area contributed by atoms with E-state index < -0.39 is 5.60 Å². The molecule has 1 saturated heterocycles. The molecule has 0 aliphatic carbocycles. The molecule has 2 heterocycles. The standard InChI is InChI=1S/C14H23N3O3/c1-5-12-17(13(18)20-14(2,3)4)11(8-19-12)6-10-7-15-9-16-10/h7,9,11-12H,5-6,8H2,1-4H3,(H,15,16)/t11-,12-/m0/s1. The van der Waals surface area contributed by atoms with E-state index in [1.807, 2.05) is 27.7 Å². The van der Waals surface area contributed by atoms with E-state index in [1.54, 1.807) is 17.4 Å². The van der Waals surface area contributed by atoms with Crippen molar-refractivity contribution in [3.05, 3.63) is 18.2 Å². The Balaban J connectivity index is 2.09. The fourth-order valence-electron chi connectivity index (χ4n) is 2.32. The molecule has 1 aromatic rings. The minimum Gasteiger partial charge on any atom is -0.444 e. The van der Waals surface area contributed by atoms with Gasteiger partial charge in [-0.2, -0.15) is 0 Å². The molecule has 2 atom stereocenters. The lowest BCUT2D eigenvalue weighted by Crippen LogP contribution is -2.45. The number of aromatic nitrogens is 2. The van der Waals surface area contributed by atoms with E-state index >= 15 is 0 Å². The molecule has 2 rings (SSSR count). The van der Waals surface area contributed by atoms with Crippen LogP contribution in [0, 0.1) is 0 Å². The summed E-state index contributed by atoms with van der Waals surface area (Å²) in [6.07, 6.45) is 4.32. The minimum absolute atomic E-state index is 0.0183. The summed E-state index contributed by atoms with van der Waals surface area (Å²) in [6, 6.07) is -0.0183. The molecule has 1 aliphatic rings. The normalized spacial score (nSPS) is 23.1. The third kappa shape index (κ3) is 3.50. The molecule has 1 amide bonds. The highest BCUT2D eigenvalue weighted by Gasteiger charge is 2.39. The smallest absolute Gasteiger partial charge is 0.412 e. The van der Waals surface area contributed by atoms with Gasteiger partial charge >= 0.3 is 6.09 Å². The first-order chi connectivity index (χ1) is 9.40. The summed E-state index contributed by atoms with van der Waals surface area (Å²) in [5.74, 6) is 0. The van der Waals surface area contributed by atoms with Crippen LogP contribution in [0.1, 0.15) is 39.8 Å². The fourth-order valence-corrected chi connectivity index (χ4v) is 2.32. The van der Waals surface area contributed by atoms with Crippen molar-refractivity contribution >= 4 is 6.09 Å². The van der Waals surface area contributed by atoms with Crippen LogP contribution >= 0.6 is 0 Å². The predicted octanol–water partition coefficient (Wildman–Crippen LogP) is 2.32. The summed E-state index contributed by atoms with van der Waals surface area (Å²) in [7, 11) is 0. The Labute approximate surface area is 119 Å². The van der Waals surface area contributed by atoms with Gasteiger partial charge in [0, 0.05) is 18.3 Å². The summed E-state index contributed by atoms with van der Waals surface area (Å²) >= 11 is 0. The minimum atomic E-state index is -0.503. The Morgan fingerprint density at radius 3 is 2.90 bits per heavy atom. The summed E-state index contributed by atoms with van der Waals surface area (Å²) in [5.41, 5.74) is 0.486. The molecular weight excluding hydrogens is 258 g/mol. The van der Waals surface area contributed by atoms with Crippen molar-refractivity contribution in [2.75, 3.05) is 6.61 Å². The molecule has 0 saturated carbocycles. The van der Waals surface area contributed by atoms with Gasteiger partial charge in [0.2, 0.25) is 0 Å². The molecule has 0 unspecified atom stereocenters. The van der Waals surface area contributed by atoms with Crippen LogP contribution in [-0.4, -0.2) is 45.4 Å². The molecule has 1 fully saturated rings. The Bertz CT molecular complexity index is 439. The second kappa shape index (κ2) is 5.83. The van der Waals surface area contributed by atoms with Crippen molar-refractivity contribution in [3.63, 3.8) is 0 Å². The van der Waals surface area contributed by atoms with E-state index in [1.165, 1.54) is 0 Å². The van der Waals surface area contributed by atoms with Crippen molar-refractivity contribution in [2.24, 2.45) is 0 Å². The van der Waals surface area contributed by atoms with Gasteiger partial charge in [-0.1, -0.05) is 6.92 Å². The number of nitrogens with one attached hydrogen (secondary N) is 1. The van der Waals surface area contributed by atoms with Crippen molar-refractivity contribution in [1.82, 2.24) is 14.9 Å². The van der Waals surface area contributed by atoms with Crippen molar-refractivity contribution < 1.29 is 14.3 Å². The Kier molecular flexibility index (Phi) is 4.32. The Morgan fingerprint density at radius 2 is 2.35 bits per heavy atom. The summed E-state index contributed by atoms with van der Waals surface area (Å²) in [5, 5.41) is 0. The van der Waals surface area contributed by atoms with E-state index in [0.717, 1.165) is 12.1 Å². The van der Waals surface area contributed by atoms with Crippen LogP contribution in [0.25, 0.3) is 0 Å². The van der Waals surface area contributed by atoms with Crippen LogP contribution in [0.3, 0.4) is 0 Å². The van der Waals surface area contributed by atoms with Gasteiger partial charge < -0.3 is 14.5 Å². The number of aromatic amines is 1. The van der Waals surface area contributed by atoms with E-state index in [4.69, 9.17) is 9.47 Å². The SMILES string of the molecule is CC[C@@H]1OC[C@H](Cc2cnc[nH]2)N1C(=O)OC(C)(C)C. The van der Waals surface area contributed by atoms with Gasteiger partial charge in [-0.25, -0.2) is 9.78 Å². The van der Waals surface area contributed by atoms with Crippen LogP contribution in [0.5, 0.6) is 0 Å². The number of nitrogens with zero attached hydrogens (tertiary/aromatic N) is 2. The first kappa shape index (κ1) is 14.8. The summed E-state index contributed by atoms with van der Waals surface area (Å²) in [4.78, 5) is 21.1. The second-order valence-corrected chi connectivity index (χ2v) is 6.02. The number of H-pyrrole nitrogens is 1. The highest BCUT2D eigenvalue weighted by molar-refractivity contribution is 5.69. The monoisotopic (exact) mass is 281 g/mol. The Hall–Kier alpha value is -1.56. The predicted molar refractivity (Wildman–Crippen MR) is 74.2 cm³/mol. The van der Waals surface area contributed by atoms with E-state index in [2.05, 4.69) is 9.97 Å². The average Bonchev–Trinajstić information content (AvgIpc) is 2.96. The number of carbonyl (C=O) groups excluding carboxylic acids is 1. The molecule has 1 aromatic heterocycles. The van der Waals surface area contributed by atoms with Gasteiger partial charge in [0.1, 0.15) is 11.8 Å². The van der Waals surface area contributed by atoms with Gasteiger partial charge in [-0.05, 0) is 27.2 Å². The second-order valence-electron chi connectivity index (χ2n) is 6.02. The maximum atomic E-state index is 12.4. The zero-order valence-corrected chi connectivity index (χ0v) is 12.5. The molecule has 1 N–H and O–H groups in total. The molecule has 0 bridgehead atoms. The first-order valence-electron chi connectivity index (χ1n) is 7.01. The molecule has 112 valence electrons. The molecule has 0 radical (unpaired) electrons. The third-order valence-electron chi connectivity index (χ3n) is 3.15. The first-order valence-corrected chi connectivity index (χ1v) is 7.01. The highest BCUT2D eigenvalue weighted by Crippen LogP contribution is 2.24. The molecule has 6 nitrogen and oxygen atoms in total. The molecule has 0 spiro atoms. The highest BCUT2D eigenvalue weighted by atomic mass is 16.6. The van der Waals surface area contributed by atoms with Crippen LogP contribution < -0.4 is 0 Å². The topological polar surface area (TPSA) is 67.5 Å². The average molecular weight is 281 g/mol. The number of rotatable bonds is 3. The van der Waals surface area contributed by atoms with Gasteiger partial charge in [0.05, 0.1) is 19.0 Å². The van der Waals surface area contributed by atoms with Crippen LogP contribution in [-0.2, 0) is 15.9 Å². The van der Waals surface area contributed by atoms with Crippen molar-refractivity contribution in [1.29, 1.82) is 0 Å². The Morgan fingerprint density at radius 1 is 1.60 bits per heavy atom. The summed E-state index contributed by atoms with van der Waals surface area (Å²) in [6.45, 7) is 8.13. The lowest BCUT2D eigenvalue weighted by atomic mass is 10.1. The van der Waals surface area contributed by atoms with Crippen LogP contribution in [0.4, 0.5) is 4.79 Å². The van der Waals surface area contributed by atoms with E-state index in [9.17, 15) is 4.79 Å². The van der Waals surface area contributed by atoms with Crippen LogP contribution in [0.15, 0.2) is 12.5 Å². The van der Waals surface area contributed by atoms with Crippen molar-refractivity contribution in [2.45, 2.75) is 58.4 Å². The van der Waals surface area contributed by atoms with Crippen molar-refractivity contribution in [3.8, 4) is 0 Å². The molecule has 20 heavy (non-hydrogen) atoms. The molecule has 0 aromatic carbocycles. The van der Waals surface area contributed by atoms with E-state index in [0.29, 0.717) is 13.0 Å². The largest absolute Gasteiger partial charge is 0.444 e. The molecular formula is C14H23N3O3. The lowest BCUT2D eigenvalue weighted by Gasteiger charge is -2.30. The summed E-state index contributed by atoms with van der Waals surface area (Å²) < 4.78 is 11.2. The van der Waals surface area contributed by atoms with Gasteiger partial charge in [-0.3, -0.25) is 4.90 Å². The number of imidazole rings is 1. The molecule has 6 heteroatoms. The maximum absolute atomic E-state index is 12.4. The zero-order chi connectivity index (χ0) is 14.8. The van der Waals surface area contributed by atoms with E-state index in [-0.39, 0.29) is 18.4 Å². The number of hydrogen-bond donors (Lipinski definition) is 1. The lowest BCUT2D eigenvalue weighted by molar-refractivity contribution is -0.0140. The van der Waals surface area contributed by atoms with Gasteiger partial charge in [0.15, 0.2) is 0 Å². The number of carbonyl (C=O) groups is 1. The zero-order valence-electron chi connectivity index (χ0n) is 12.5. The fraction of sp³-hybridized carbons (Fsp3) is 0.714. The number of amides is 1.